The molecule has 0 spiro atoms. The van der Waals surface area contributed by atoms with Crippen LogP contribution in [0.2, 0.25) is 0 Å². The molecule has 0 saturated carbocycles. The molecule has 0 aromatic heterocycles. The fraction of sp³-hybridized carbons (Fsp3) is 0.600. The van der Waals surface area contributed by atoms with E-state index in [0.29, 0.717) is 6.42 Å². The molecule has 0 heterocycles. The van der Waals surface area contributed by atoms with Crippen LogP contribution >= 0.6 is 7.92 Å². The number of carboxylic acid groups (broad SMARTS) is 1. The molecule has 10 heavy (non-hydrogen) atoms. The first-order valence-corrected chi connectivity index (χ1v) is 3.53. The van der Waals surface area contributed by atoms with Crippen molar-refractivity contribution in [3.8, 4) is 5.63 Å². The van der Waals surface area contributed by atoms with Gasteiger partial charge in [-0.2, -0.15) is 0 Å². The first-order valence-electron chi connectivity index (χ1n) is 2.72. The molecular formula is C5H8NO3P. The average Bonchev–Trinajstić information content (AvgIpc) is 1.88. The van der Waals surface area contributed by atoms with Gasteiger partial charge in [0.25, 0.3) is 0 Å². The van der Waals surface area contributed by atoms with E-state index in [4.69, 9.17) is 10.8 Å². The van der Waals surface area contributed by atoms with Crippen LogP contribution in [0.5, 0.6) is 0 Å². The van der Waals surface area contributed by atoms with E-state index in [1.807, 2.05) is 0 Å². The van der Waals surface area contributed by atoms with E-state index >= 15 is 0 Å². The Morgan fingerprint density at radius 1 is 1.80 bits per heavy atom. The van der Waals surface area contributed by atoms with Crippen molar-refractivity contribution in [1.29, 1.82) is 0 Å². The molecule has 0 aromatic carbocycles. The van der Waals surface area contributed by atoms with E-state index < -0.39 is 12.0 Å². The quantitative estimate of drug-likeness (QED) is 0.588. The summed E-state index contributed by atoms with van der Waals surface area (Å²) in [7, 11) is -0.195. The van der Waals surface area contributed by atoms with E-state index in [1.165, 1.54) is 0 Å². The van der Waals surface area contributed by atoms with Crippen molar-refractivity contribution in [2.45, 2.75) is 18.9 Å². The van der Waals surface area contributed by atoms with Crippen LogP contribution in [-0.4, -0.2) is 17.1 Å². The van der Waals surface area contributed by atoms with E-state index in [-0.39, 0.29) is 14.3 Å². The summed E-state index contributed by atoms with van der Waals surface area (Å²) in [5.41, 5.74) is 7.52. The summed E-state index contributed by atoms with van der Waals surface area (Å²) in [6.45, 7) is 0. The molecule has 0 saturated heterocycles. The molecule has 0 unspecified atom stereocenters. The second kappa shape index (κ2) is 5.24. The Morgan fingerprint density at radius 2 is 2.40 bits per heavy atom. The first kappa shape index (κ1) is 9.44. The minimum atomic E-state index is -1.04. The standard InChI is InChI=1S/C5H8NO3P/c6-4(5(7)8)2-1-3-10-9/h4H,1-2,6H2,(H,7,8)/t4-/m1/s1. The van der Waals surface area contributed by atoms with E-state index in [0.717, 1.165) is 0 Å². The molecule has 5 heteroatoms. The van der Waals surface area contributed by atoms with Crippen molar-refractivity contribution >= 4 is 13.9 Å². The van der Waals surface area contributed by atoms with Crippen molar-refractivity contribution in [2.24, 2.45) is 5.73 Å². The van der Waals surface area contributed by atoms with Crippen molar-refractivity contribution in [1.82, 2.24) is 0 Å². The monoisotopic (exact) mass is 161 g/mol. The van der Waals surface area contributed by atoms with Crippen molar-refractivity contribution in [3.05, 3.63) is 0 Å². The average molecular weight is 161 g/mol. The molecule has 0 amide bonds. The minimum absolute atomic E-state index is 0.195. The van der Waals surface area contributed by atoms with Crippen LogP contribution < -0.4 is 5.73 Å². The third-order valence-corrected chi connectivity index (χ3v) is 1.30. The van der Waals surface area contributed by atoms with Gasteiger partial charge in [0.15, 0.2) is 0 Å². The van der Waals surface area contributed by atoms with Crippen LogP contribution in [0.1, 0.15) is 12.8 Å². The van der Waals surface area contributed by atoms with E-state index in [2.05, 4.69) is 5.63 Å². The second-order valence-corrected chi connectivity index (χ2v) is 2.23. The van der Waals surface area contributed by atoms with Gasteiger partial charge < -0.3 is 0 Å². The number of hydrogen-bond acceptors (Lipinski definition) is 3. The summed E-state index contributed by atoms with van der Waals surface area (Å²) in [4.78, 5) is 10.1. The van der Waals surface area contributed by atoms with Crippen LogP contribution in [-0.2, 0) is 9.36 Å². The van der Waals surface area contributed by atoms with Crippen molar-refractivity contribution in [2.75, 3.05) is 0 Å². The summed E-state index contributed by atoms with van der Waals surface area (Å²) in [6.07, 6.45) is 0.628. The fourth-order valence-corrected chi connectivity index (χ4v) is 0.610. The van der Waals surface area contributed by atoms with Gasteiger partial charge in [-0.25, -0.2) is 0 Å². The first-order chi connectivity index (χ1) is 4.68. The number of carboxylic acids is 1. The summed E-state index contributed by atoms with van der Waals surface area (Å²) in [5.74, 6) is -1.04. The zero-order valence-corrected chi connectivity index (χ0v) is 6.17. The Morgan fingerprint density at radius 3 is 2.80 bits per heavy atom. The summed E-state index contributed by atoms with van der Waals surface area (Å²) in [6, 6.07) is -0.866. The van der Waals surface area contributed by atoms with Gasteiger partial charge in [-0.15, -0.1) is 0 Å². The molecule has 3 N–H and O–H groups in total. The molecule has 4 nitrogen and oxygen atoms in total. The van der Waals surface area contributed by atoms with Crippen LogP contribution in [0, 0.1) is 5.63 Å². The van der Waals surface area contributed by atoms with Crippen LogP contribution in [0.3, 0.4) is 0 Å². The van der Waals surface area contributed by atoms with Gasteiger partial charge in [0, 0.05) is 0 Å². The van der Waals surface area contributed by atoms with Crippen LogP contribution in [0.15, 0.2) is 0 Å². The zero-order chi connectivity index (χ0) is 7.98. The fourth-order valence-electron chi connectivity index (χ4n) is 0.389. The Hall–Kier alpha value is -0.560. The third kappa shape index (κ3) is 4.33. The number of aliphatic carboxylic acids is 1. The van der Waals surface area contributed by atoms with Gasteiger partial charge in [-0.1, -0.05) is 0 Å². The normalized spacial score (nSPS) is 11.7. The molecule has 56 valence electrons. The van der Waals surface area contributed by atoms with Crippen molar-refractivity contribution in [3.63, 3.8) is 0 Å². The molecule has 0 aromatic rings. The third-order valence-electron chi connectivity index (χ3n) is 0.949. The molecular weight excluding hydrogens is 153 g/mol. The van der Waals surface area contributed by atoms with Gasteiger partial charge in [0.2, 0.25) is 0 Å². The number of carbonyl (C=O) groups is 1. The van der Waals surface area contributed by atoms with Crippen molar-refractivity contribution < 1.29 is 14.5 Å². The number of hydrogen-bond donors (Lipinski definition) is 2. The SMILES string of the molecule is N[C@H](CCC#P=O)C(=O)O. The summed E-state index contributed by atoms with van der Waals surface area (Å²) in [5, 5.41) is 8.25. The maximum absolute atomic E-state index is 10.1. The Kier molecular flexibility index (Phi) is 4.95. The summed E-state index contributed by atoms with van der Waals surface area (Å²) >= 11 is 0. The predicted octanol–water partition coefficient (Wildman–Crippen LogP) is 0.429. The zero-order valence-electron chi connectivity index (χ0n) is 5.28. The van der Waals surface area contributed by atoms with Crippen LogP contribution in [0.25, 0.3) is 0 Å². The molecule has 0 aliphatic carbocycles. The van der Waals surface area contributed by atoms with E-state index in [9.17, 15) is 9.36 Å². The van der Waals surface area contributed by atoms with Crippen LogP contribution in [0.4, 0.5) is 0 Å². The molecule has 0 radical (unpaired) electrons. The molecule has 0 bridgehead atoms. The van der Waals surface area contributed by atoms with Gasteiger partial charge in [0.1, 0.15) is 0 Å². The Bertz CT molecular complexity index is 208. The van der Waals surface area contributed by atoms with Gasteiger partial charge in [-0.3, -0.25) is 0 Å². The molecule has 0 aliphatic heterocycles. The van der Waals surface area contributed by atoms with E-state index in [1.54, 1.807) is 0 Å². The molecule has 0 rings (SSSR count). The molecule has 0 aliphatic rings. The number of rotatable bonds is 3. The maximum atomic E-state index is 10.1. The summed E-state index contributed by atoms with van der Waals surface area (Å²) < 4.78 is 9.75. The topological polar surface area (TPSA) is 80.4 Å². The number of nitrogens with two attached hydrogens (primary N) is 1. The van der Waals surface area contributed by atoms with Gasteiger partial charge in [-0.05, 0) is 0 Å². The van der Waals surface area contributed by atoms with Gasteiger partial charge in [0.05, 0.1) is 0 Å². The Balaban J connectivity index is 3.55. The Labute approximate surface area is 59.5 Å². The molecule has 1 atom stereocenters. The van der Waals surface area contributed by atoms with Gasteiger partial charge >= 0.3 is 58.6 Å². The second-order valence-electron chi connectivity index (χ2n) is 1.73. The predicted molar refractivity (Wildman–Crippen MR) is 36.3 cm³/mol. The molecule has 0 fully saturated rings.